The van der Waals surface area contributed by atoms with Gasteiger partial charge in [-0.25, -0.2) is 9.59 Å². The molecule has 4 heteroatoms. The summed E-state index contributed by atoms with van der Waals surface area (Å²) in [6.07, 6.45) is 9.76. The molecular weight excluding hydrogens is 364 g/mol. The van der Waals surface area contributed by atoms with E-state index in [9.17, 15) is 19.8 Å². The van der Waals surface area contributed by atoms with Crippen LogP contribution in [0.15, 0.2) is 6.07 Å². The molecule has 0 aliphatic heterocycles. The lowest BCUT2D eigenvalue weighted by Crippen LogP contribution is -2.18. The van der Waals surface area contributed by atoms with Crippen molar-refractivity contribution < 1.29 is 19.8 Å². The third-order valence-electron chi connectivity index (χ3n) is 6.33. The lowest BCUT2D eigenvalue weighted by molar-refractivity contribution is 0.0677. The second-order valence-corrected chi connectivity index (χ2v) is 8.41. The molecule has 0 aromatic heterocycles. The number of hydrogen-bond donors (Lipinski definition) is 2. The Bertz CT molecular complexity index is 678. The van der Waals surface area contributed by atoms with E-state index < -0.39 is 11.9 Å². The Kier molecular flexibility index (Phi) is 11.0. The minimum Gasteiger partial charge on any atom is -0.478 e. The number of carboxylic acid groups (broad SMARTS) is 2. The average molecular weight is 405 g/mol. The van der Waals surface area contributed by atoms with Gasteiger partial charge in [-0.15, -0.1) is 0 Å². The Morgan fingerprint density at radius 2 is 1.38 bits per heavy atom. The number of unbranched alkanes of at least 4 members (excludes halogenated alkanes) is 2. The Morgan fingerprint density at radius 3 is 1.79 bits per heavy atom. The molecule has 1 aromatic carbocycles. The molecule has 0 radical (unpaired) electrons. The molecule has 0 saturated heterocycles. The Morgan fingerprint density at radius 1 is 0.862 bits per heavy atom. The molecule has 0 heterocycles. The van der Waals surface area contributed by atoms with Gasteiger partial charge in [0.2, 0.25) is 0 Å². The van der Waals surface area contributed by atoms with Crippen molar-refractivity contribution in [3.05, 3.63) is 33.9 Å². The van der Waals surface area contributed by atoms with Crippen molar-refractivity contribution in [2.75, 3.05) is 0 Å². The van der Waals surface area contributed by atoms with Crippen LogP contribution in [0.1, 0.15) is 116 Å². The highest BCUT2D eigenvalue weighted by molar-refractivity contribution is 5.96. The molecule has 0 aliphatic rings. The summed E-state index contributed by atoms with van der Waals surface area (Å²) < 4.78 is 0. The molecule has 164 valence electrons. The summed E-state index contributed by atoms with van der Waals surface area (Å²) in [7, 11) is 0. The molecule has 1 rings (SSSR count). The van der Waals surface area contributed by atoms with Crippen molar-refractivity contribution in [2.45, 2.75) is 98.8 Å². The van der Waals surface area contributed by atoms with Crippen molar-refractivity contribution in [3.8, 4) is 0 Å². The van der Waals surface area contributed by atoms with Gasteiger partial charge in [0, 0.05) is 0 Å². The standard InChI is InChI=1S/C25H40O4/c1-6-10-12-18(8-3)14-20-16-22(24(26)27)17(5)21(23(20)25(28)29)15-19(9-4)13-11-7-2/h16,18-19H,6-15H2,1-5H3,(H,26,27)(H,28,29). The fourth-order valence-corrected chi connectivity index (χ4v) is 4.29. The highest BCUT2D eigenvalue weighted by atomic mass is 16.4. The molecule has 0 aliphatic carbocycles. The molecule has 29 heavy (non-hydrogen) atoms. The smallest absolute Gasteiger partial charge is 0.336 e. The van der Waals surface area contributed by atoms with E-state index in [4.69, 9.17) is 0 Å². The summed E-state index contributed by atoms with van der Waals surface area (Å²) in [4.78, 5) is 24.2. The van der Waals surface area contributed by atoms with Gasteiger partial charge in [0.15, 0.2) is 0 Å². The first-order valence-electron chi connectivity index (χ1n) is 11.4. The zero-order chi connectivity index (χ0) is 22.0. The quantitative estimate of drug-likeness (QED) is 0.353. The fourth-order valence-electron chi connectivity index (χ4n) is 4.29. The monoisotopic (exact) mass is 404 g/mol. The van der Waals surface area contributed by atoms with Gasteiger partial charge < -0.3 is 10.2 Å². The Hall–Kier alpha value is -1.84. The van der Waals surface area contributed by atoms with Crippen LogP contribution in [-0.2, 0) is 12.8 Å². The molecule has 0 spiro atoms. The van der Waals surface area contributed by atoms with Gasteiger partial charge in [0.05, 0.1) is 11.1 Å². The van der Waals surface area contributed by atoms with Gasteiger partial charge in [0.1, 0.15) is 0 Å². The van der Waals surface area contributed by atoms with E-state index in [0.29, 0.717) is 41.4 Å². The van der Waals surface area contributed by atoms with Gasteiger partial charge in [-0.2, -0.15) is 0 Å². The predicted octanol–water partition coefficient (Wildman–Crippen LogP) is 6.91. The maximum atomic E-state index is 12.3. The molecule has 2 N–H and O–H groups in total. The first kappa shape index (κ1) is 25.2. The van der Waals surface area contributed by atoms with Crippen LogP contribution in [0.25, 0.3) is 0 Å². The Balaban J connectivity index is 3.48. The summed E-state index contributed by atoms with van der Waals surface area (Å²) in [6, 6.07) is 1.63. The van der Waals surface area contributed by atoms with Gasteiger partial charge in [0.25, 0.3) is 0 Å². The molecule has 0 bridgehead atoms. The normalized spacial score (nSPS) is 13.3. The molecule has 1 aromatic rings. The van der Waals surface area contributed by atoms with E-state index in [1.165, 1.54) is 0 Å². The van der Waals surface area contributed by atoms with E-state index in [1.54, 1.807) is 13.0 Å². The van der Waals surface area contributed by atoms with Crippen molar-refractivity contribution in [1.29, 1.82) is 0 Å². The van der Waals surface area contributed by atoms with Gasteiger partial charge in [-0.05, 0) is 54.4 Å². The first-order valence-corrected chi connectivity index (χ1v) is 11.4. The maximum Gasteiger partial charge on any atom is 0.336 e. The highest BCUT2D eigenvalue weighted by Crippen LogP contribution is 2.31. The van der Waals surface area contributed by atoms with Crippen LogP contribution in [0.5, 0.6) is 0 Å². The molecule has 4 nitrogen and oxygen atoms in total. The van der Waals surface area contributed by atoms with Crippen LogP contribution in [-0.4, -0.2) is 22.2 Å². The lowest BCUT2D eigenvalue weighted by Gasteiger charge is -2.23. The second-order valence-electron chi connectivity index (χ2n) is 8.41. The molecule has 2 unspecified atom stereocenters. The second kappa shape index (κ2) is 12.7. The molecular formula is C25H40O4. The van der Waals surface area contributed by atoms with Crippen LogP contribution < -0.4 is 0 Å². The summed E-state index contributed by atoms with van der Waals surface area (Å²) in [5, 5.41) is 19.8. The maximum absolute atomic E-state index is 12.3. The largest absolute Gasteiger partial charge is 0.478 e. The number of hydrogen-bond acceptors (Lipinski definition) is 2. The van der Waals surface area contributed by atoms with E-state index in [0.717, 1.165) is 56.9 Å². The van der Waals surface area contributed by atoms with Crippen LogP contribution >= 0.6 is 0 Å². The number of aromatic carboxylic acids is 2. The van der Waals surface area contributed by atoms with Crippen LogP contribution in [0.4, 0.5) is 0 Å². The van der Waals surface area contributed by atoms with Gasteiger partial charge in [-0.3, -0.25) is 0 Å². The molecule has 0 amide bonds. The van der Waals surface area contributed by atoms with Crippen LogP contribution in [0.2, 0.25) is 0 Å². The van der Waals surface area contributed by atoms with Gasteiger partial charge >= 0.3 is 11.9 Å². The summed E-state index contributed by atoms with van der Waals surface area (Å²) in [6.45, 7) is 10.4. The van der Waals surface area contributed by atoms with E-state index in [2.05, 4.69) is 27.7 Å². The predicted molar refractivity (Wildman–Crippen MR) is 119 cm³/mol. The molecule has 0 fully saturated rings. The Labute approximate surface area is 176 Å². The van der Waals surface area contributed by atoms with Crippen LogP contribution in [0.3, 0.4) is 0 Å². The fraction of sp³-hybridized carbons (Fsp3) is 0.680. The highest BCUT2D eigenvalue weighted by Gasteiger charge is 2.25. The van der Waals surface area contributed by atoms with Crippen molar-refractivity contribution >= 4 is 11.9 Å². The SMILES string of the molecule is CCCCC(CC)Cc1cc(C(=O)O)c(C)c(CC(CC)CCCC)c1C(=O)O. The number of benzene rings is 1. The number of rotatable bonds is 14. The first-order chi connectivity index (χ1) is 13.8. The van der Waals surface area contributed by atoms with E-state index in [-0.39, 0.29) is 5.56 Å². The topological polar surface area (TPSA) is 74.6 Å². The third-order valence-corrected chi connectivity index (χ3v) is 6.33. The summed E-state index contributed by atoms with van der Waals surface area (Å²) >= 11 is 0. The van der Waals surface area contributed by atoms with E-state index >= 15 is 0 Å². The molecule has 2 atom stereocenters. The van der Waals surface area contributed by atoms with Crippen molar-refractivity contribution in [1.82, 2.24) is 0 Å². The van der Waals surface area contributed by atoms with E-state index in [1.807, 2.05) is 0 Å². The van der Waals surface area contributed by atoms with Crippen LogP contribution in [0, 0.1) is 18.8 Å². The minimum absolute atomic E-state index is 0.260. The number of carboxylic acids is 2. The third kappa shape index (κ3) is 7.17. The van der Waals surface area contributed by atoms with Crippen molar-refractivity contribution in [2.24, 2.45) is 11.8 Å². The number of carbonyl (C=O) groups is 2. The summed E-state index contributed by atoms with van der Waals surface area (Å²) in [5.74, 6) is -1.13. The summed E-state index contributed by atoms with van der Waals surface area (Å²) in [5.41, 5.74) is 2.67. The minimum atomic E-state index is -0.967. The zero-order valence-corrected chi connectivity index (χ0v) is 19.0. The average Bonchev–Trinajstić information content (AvgIpc) is 2.69. The van der Waals surface area contributed by atoms with Gasteiger partial charge in [-0.1, -0.05) is 79.1 Å². The zero-order valence-electron chi connectivity index (χ0n) is 19.0. The molecule has 0 saturated carbocycles. The van der Waals surface area contributed by atoms with Crippen molar-refractivity contribution in [3.63, 3.8) is 0 Å². The lowest BCUT2D eigenvalue weighted by atomic mass is 9.81.